The number of benzene rings is 1. The topological polar surface area (TPSA) is 77.0 Å². The van der Waals surface area contributed by atoms with E-state index in [1.165, 1.54) is 47.8 Å². The zero-order valence-corrected chi connectivity index (χ0v) is 15.0. The van der Waals surface area contributed by atoms with Crippen molar-refractivity contribution in [1.82, 2.24) is 19.8 Å². The van der Waals surface area contributed by atoms with Gasteiger partial charge in [-0.05, 0) is 25.0 Å². The molecule has 0 saturated heterocycles. The van der Waals surface area contributed by atoms with Crippen LogP contribution in [0.5, 0.6) is 0 Å². The van der Waals surface area contributed by atoms with Crippen molar-refractivity contribution in [2.45, 2.75) is 43.3 Å². The van der Waals surface area contributed by atoms with Crippen molar-refractivity contribution in [3.63, 3.8) is 0 Å². The fraction of sp³-hybridized carbons (Fsp3) is 0.471. The molecule has 0 spiro atoms. The van der Waals surface area contributed by atoms with Crippen LogP contribution in [0.15, 0.2) is 29.4 Å². The van der Waals surface area contributed by atoms with E-state index in [4.69, 9.17) is 5.84 Å². The molecule has 25 heavy (non-hydrogen) atoms. The molecule has 6 nitrogen and oxygen atoms in total. The van der Waals surface area contributed by atoms with E-state index in [9.17, 15) is 9.18 Å². The number of nitrogens with zero attached hydrogens (tertiary/aromatic N) is 4. The highest BCUT2D eigenvalue weighted by atomic mass is 32.2. The van der Waals surface area contributed by atoms with Gasteiger partial charge in [0.05, 0.1) is 5.75 Å². The van der Waals surface area contributed by atoms with Gasteiger partial charge in [-0.1, -0.05) is 43.2 Å². The number of rotatable bonds is 5. The summed E-state index contributed by atoms with van der Waals surface area (Å²) in [5, 5.41) is 8.47. The van der Waals surface area contributed by atoms with Crippen LogP contribution in [-0.4, -0.2) is 44.5 Å². The summed E-state index contributed by atoms with van der Waals surface area (Å²) in [6, 6.07) is 6.35. The normalized spacial score (nSPS) is 15.3. The minimum atomic E-state index is -0.362. The number of carbonyl (C=O) groups excluding carboxylic acids is 1. The number of aromatic nitrogens is 3. The Hall–Kier alpha value is -2.09. The first kappa shape index (κ1) is 17.7. The van der Waals surface area contributed by atoms with Gasteiger partial charge >= 0.3 is 0 Å². The highest BCUT2D eigenvalue weighted by molar-refractivity contribution is 7.99. The third kappa shape index (κ3) is 4.12. The number of hydrogen-bond acceptors (Lipinski definition) is 5. The first-order chi connectivity index (χ1) is 12.1. The largest absolute Gasteiger partial charge is 0.342 e. The van der Waals surface area contributed by atoms with Crippen LogP contribution in [0.2, 0.25) is 0 Å². The lowest BCUT2D eigenvalue weighted by molar-refractivity contribution is -0.129. The maximum atomic E-state index is 13.4. The number of amides is 1. The monoisotopic (exact) mass is 363 g/mol. The van der Waals surface area contributed by atoms with Gasteiger partial charge in [0.2, 0.25) is 11.1 Å². The van der Waals surface area contributed by atoms with Gasteiger partial charge in [-0.2, -0.15) is 0 Å². The smallest absolute Gasteiger partial charge is 0.233 e. The van der Waals surface area contributed by atoms with E-state index in [0.29, 0.717) is 22.6 Å². The molecule has 1 fully saturated rings. The third-order valence-corrected chi connectivity index (χ3v) is 5.52. The molecule has 1 amide bonds. The summed E-state index contributed by atoms with van der Waals surface area (Å²) in [5.74, 6) is 6.34. The Labute approximate surface area is 150 Å². The molecule has 1 aromatic heterocycles. The fourth-order valence-electron chi connectivity index (χ4n) is 3.10. The average Bonchev–Trinajstić information content (AvgIpc) is 3.00. The lowest BCUT2D eigenvalue weighted by Gasteiger charge is -2.31. The first-order valence-electron chi connectivity index (χ1n) is 8.41. The van der Waals surface area contributed by atoms with Gasteiger partial charge < -0.3 is 10.7 Å². The summed E-state index contributed by atoms with van der Waals surface area (Å²) in [6.07, 6.45) is 5.77. The standard InChI is InChI=1S/C17H22FN5OS/c1-22(14-8-3-2-4-9-14)15(24)11-25-17-21-20-16(23(17)19)12-6-5-7-13(18)10-12/h5-7,10,14H,2-4,8-9,11,19H2,1H3. The number of carbonyl (C=O) groups is 1. The van der Waals surface area contributed by atoms with Crippen LogP contribution in [0.3, 0.4) is 0 Å². The molecular formula is C17H22FN5OS. The van der Waals surface area contributed by atoms with E-state index in [2.05, 4.69) is 10.2 Å². The molecule has 0 aliphatic heterocycles. The predicted molar refractivity (Wildman–Crippen MR) is 95.9 cm³/mol. The molecule has 2 aromatic rings. The van der Waals surface area contributed by atoms with Crippen molar-refractivity contribution in [1.29, 1.82) is 0 Å². The lowest BCUT2D eigenvalue weighted by Crippen LogP contribution is -2.39. The van der Waals surface area contributed by atoms with Gasteiger partial charge in [-0.25, -0.2) is 9.07 Å². The number of thioether (sulfide) groups is 1. The SMILES string of the molecule is CN(C(=O)CSc1nnc(-c2cccc(F)c2)n1N)C1CCCCC1. The quantitative estimate of drug-likeness (QED) is 0.653. The van der Waals surface area contributed by atoms with Gasteiger partial charge in [-0.15, -0.1) is 10.2 Å². The van der Waals surface area contributed by atoms with E-state index < -0.39 is 0 Å². The van der Waals surface area contributed by atoms with Crippen LogP contribution >= 0.6 is 11.8 Å². The molecule has 1 heterocycles. The number of nitrogens with two attached hydrogens (primary N) is 1. The molecule has 0 bridgehead atoms. The van der Waals surface area contributed by atoms with Gasteiger partial charge in [0, 0.05) is 18.7 Å². The number of halogens is 1. The molecule has 3 rings (SSSR count). The first-order valence-corrected chi connectivity index (χ1v) is 9.39. The van der Waals surface area contributed by atoms with Crippen LogP contribution in [0, 0.1) is 5.82 Å². The molecule has 1 aromatic carbocycles. The van der Waals surface area contributed by atoms with Gasteiger partial charge in [0.15, 0.2) is 5.82 Å². The Kier molecular flexibility index (Phi) is 5.57. The molecule has 1 aliphatic rings. The van der Waals surface area contributed by atoms with Gasteiger partial charge in [0.1, 0.15) is 5.82 Å². The molecule has 0 atom stereocenters. The molecular weight excluding hydrogens is 341 g/mol. The molecule has 134 valence electrons. The van der Waals surface area contributed by atoms with E-state index in [0.717, 1.165) is 12.8 Å². The molecule has 8 heteroatoms. The Bertz CT molecular complexity index is 744. The van der Waals surface area contributed by atoms with E-state index >= 15 is 0 Å². The molecule has 1 aliphatic carbocycles. The predicted octanol–water partition coefficient (Wildman–Crippen LogP) is 2.68. The van der Waals surface area contributed by atoms with Crippen LogP contribution in [-0.2, 0) is 4.79 Å². The second-order valence-corrected chi connectivity index (χ2v) is 7.21. The van der Waals surface area contributed by atoms with Crippen LogP contribution in [0.1, 0.15) is 32.1 Å². The Morgan fingerprint density at radius 1 is 1.36 bits per heavy atom. The van der Waals surface area contributed by atoms with Gasteiger partial charge in [0.25, 0.3) is 0 Å². The Morgan fingerprint density at radius 3 is 2.84 bits per heavy atom. The molecule has 0 unspecified atom stereocenters. The van der Waals surface area contributed by atoms with Crippen LogP contribution < -0.4 is 5.84 Å². The summed E-state index contributed by atoms with van der Waals surface area (Å²) in [4.78, 5) is 14.2. The van der Waals surface area contributed by atoms with Crippen molar-refractivity contribution in [2.24, 2.45) is 0 Å². The fourth-order valence-corrected chi connectivity index (χ4v) is 3.88. The zero-order valence-electron chi connectivity index (χ0n) is 14.2. The minimum absolute atomic E-state index is 0.0622. The van der Waals surface area contributed by atoms with E-state index in [1.54, 1.807) is 12.1 Å². The van der Waals surface area contributed by atoms with Crippen LogP contribution in [0.4, 0.5) is 4.39 Å². The van der Waals surface area contributed by atoms with Crippen molar-refractivity contribution < 1.29 is 9.18 Å². The van der Waals surface area contributed by atoms with Crippen molar-refractivity contribution >= 4 is 17.7 Å². The van der Waals surface area contributed by atoms with Gasteiger partial charge in [-0.3, -0.25) is 4.79 Å². The van der Waals surface area contributed by atoms with Crippen LogP contribution in [0.25, 0.3) is 11.4 Å². The van der Waals surface area contributed by atoms with Crippen molar-refractivity contribution in [3.8, 4) is 11.4 Å². The zero-order chi connectivity index (χ0) is 17.8. The Balaban J connectivity index is 1.63. The lowest BCUT2D eigenvalue weighted by atomic mass is 9.94. The minimum Gasteiger partial charge on any atom is -0.342 e. The second-order valence-electron chi connectivity index (χ2n) is 6.27. The second kappa shape index (κ2) is 7.86. The van der Waals surface area contributed by atoms with Crippen molar-refractivity contribution in [3.05, 3.63) is 30.1 Å². The summed E-state index contributed by atoms with van der Waals surface area (Å²) in [5.41, 5.74) is 0.549. The highest BCUT2D eigenvalue weighted by Gasteiger charge is 2.23. The average molecular weight is 363 g/mol. The number of hydrogen-bond donors (Lipinski definition) is 1. The highest BCUT2D eigenvalue weighted by Crippen LogP contribution is 2.24. The number of nitrogen functional groups attached to an aromatic ring is 1. The summed E-state index contributed by atoms with van der Waals surface area (Å²) in [7, 11) is 1.87. The summed E-state index contributed by atoms with van der Waals surface area (Å²) < 4.78 is 14.7. The molecule has 0 radical (unpaired) electrons. The Morgan fingerprint density at radius 2 is 2.12 bits per heavy atom. The molecule has 1 saturated carbocycles. The van der Waals surface area contributed by atoms with Crippen molar-refractivity contribution in [2.75, 3.05) is 18.6 Å². The maximum Gasteiger partial charge on any atom is 0.233 e. The van der Waals surface area contributed by atoms with E-state index in [-0.39, 0.29) is 17.5 Å². The third-order valence-electron chi connectivity index (χ3n) is 4.59. The maximum absolute atomic E-state index is 13.4. The van der Waals surface area contributed by atoms with E-state index in [1.807, 2.05) is 11.9 Å². The summed E-state index contributed by atoms with van der Waals surface area (Å²) in [6.45, 7) is 0. The molecule has 2 N–H and O–H groups in total. The summed E-state index contributed by atoms with van der Waals surface area (Å²) >= 11 is 1.25.